The molecule has 0 spiro atoms. The van der Waals surface area contributed by atoms with Crippen LogP contribution in [0.2, 0.25) is 0 Å². The van der Waals surface area contributed by atoms with Crippen LogP contribution in [0.4, 0.5) is 5.69 Å². The molecule has 0 saturated heterocycles. The summed E-state index contributed by atoms with van der Waals surface area (Å²) in [7, 11) is -4.02. The quantitative estimate of drug-likeness (QED) is 0.640. The smallest absolute Gasteiger partial charge is 0.269 e. The summed E-state index contributed by atoms with van der Waals surface area (Å²) in [6.45, 7) is 0. The zero-order valence-electron chi connectivity index (χ0n) is 6.14. The highest BCUT2D eigenvalue weighted by Crippen LogP contribution is 2.11. The summed E-state index contributed by atoms with van der Waals surface area (Å²) in [6.07, 6.45) is 2.76. The molecule has 66 valence electrons. The van der Waals surface area contributed by atoms with Crippen molar-refractivity contribution in [1.82, 2.24) is 4.98 Å². The Morgan fingerprint density at radius 3 is 2.75 bits per heavy atom. The minimum atomic E-state index is -4.02. The third-order valence-corrected chi connectivity index (χ3v) is 1.96. The molecule has 0 radical (unpaired) electrons. The summed E-state index contributed by atoms with van der Waals surface area (Å²) in [4.78, 5) is 3.67. The van der Waals surface area contributed by atoms with Gasteiger partial charge in [-0.3, -0.25) is 9.54 Å². The maximum atomic E-state index is 10.4. The van der Waals surface area contributed by atoms with Gasteiger partial charge in [0.2, 0.25) is 0 Å². The molecule has 0 amide bonds. The van der Waals surface area contributed by atoms with Crippen molar-refractivity contribution in [2.75, 3.05) is 5.73 Å². The second-order valence-electron chi connectivity index (χ2n) is 2.30. The Morgan fingerprint density at radius 2 is 2.25 bits per heavy atom. The van der Waals surface area contributed by atoms with Crippen molar-refractivity contribution in [2.45, 2.75) is 5.75 Å². The Kier molecular flexibility index (Phi) is 2.30. The summed E-state index contributed by atoms with van der Waals surface area (Å²) >= 11 is 0. The van der Waals surface area contributed by atoms with Crippen LogP contribution in [0.5, 0.6) is 0 Å². The maximum absolute atomic E-state index is 10.4. The summed E-state index contributed by atoms with van der Waals surface area (Å²) < 4.78 is 29.3. The number of nitrogens with two attached hydrogens (primary N) is 1. The van der Waals surface area contributed by atoms with Crippen LogP contribution in [0.15, 0.2) is 18.5 Å². The Labute approximate surface area is 70.0 Å². The van der Waals surface area contributed by atoms with Crippen molar-refractivity contribution in [3.8, 4) is 0 Å². The molecule has 1 aromatic rings. The Morgan fingerprint density at radius 1 is 1.58 bits per heavy atom. The second-order valence-corrected chi connectivity index (χ2v) is 3.75. The van der Waals surface area contributed by atoms with Crippen LogP contribution in [-0.4, -0.2) is 18.0 Å². The highest BCUT2D eigenvalue weighted by atomic mass is 32.2. The van der Waals surface area contributed by atoms with E-state index in [1.54, 1.807) is 0 Å². The van der Waals surface area contributed by atoms with Gasteiger partial charge in [-0.25, -0.2) is 0 Å². The van der Waals surface area contributed by atoms with E-state index in [4.69, 9.17) is 10.3 Å². The van der Waals surface area contributed by atoms with E-state index in [1.165, 1.54) is 18.5 Å². The average molecular weight is 188 g/mol. The molecule has 0 fully saturated rings. The standard InChI is InChI=1S/C6H8N2O3S/c7-6-1-2-8-3-5(6)4-12(9,10)11/h1-3H,4H2,(H2,7,8)(H,9,10,11). The maximum Gasteiger partial charge on any atom is 0.269 e. The molecule has 0 unspecified atom stereocenters. The Bertz CT molecular complexity index is 374. The minimum Gasteiger partial charge on any atom is -0.398 e. The molecule has 0 saturated carbocycles. The molecule has 0 aromatic carbocycles. The van der Waals surface area contributed by atoms with Crippen LogP contribution in [-0.2, 0) is 15.9 Å². The highest BCUT2D eigenvalue weighted by molar-refractivity contribution is 7.85. The first-order valence-electron chi connectivity index (χ1n) is 3.12. The van der Waals surface area contributed by atoms with Crippen LogP contribution in [0, 0.1) is 0 Å². The van der Waals surface area contributed by atoms with Gasteiger partial charge in [0.15, 0.2) is 0 Å². The number of pyridine rings is 1. The summed E-state index contributed by atoms with van der Waals surface area (Å²) in [6, 6.07) is 1.47. The predicted octanol–water partition coefficient (Wildman–Crippen LogP) is 0.0516. The van der Waals surface area contributed by atoms with Crippen LogP contribution < -0.4 is 5.73 Å². The first kappa shape index (κ1) is 8.95. The van der Waals surface area contributed by atoms with Crippen LogP contribution in [0.1, 0.15) is 5.56 Å². The van der Waals surface area contributed by atoms with Gasteiger partial charge in [0, 0.05) is 23.6 Å². The van der Waals surface area contributed by atoms with Gasteiger partial charge in [0.05, 0.1) is 0 Å². The van der Waals surface area contributed by atoms with E-state index in [-0.39, 0.29) is 0 Å². The van der Waals surface area contributed by atoms with Crippen LogP contribution in [0.25, 0.3) is 0 Å². The molecule has 0 aliphatic rings. The van der Waals surface area contributed by atoms with E-state index in [0.29, 0.717) is 11.3 Å². The highest BCUT2D eigenvalue weighted by Gasteiger charge is 2.08. The minimum absolute atomic E-state index is 0.306. The summed E-state index contributed by atoms with van der Waals surface area (Å²) in [5, 5.41) is 0. The van der Waals surface area contributed by atoms with Crippen molar-refractivity contribution in [3.63, 3.8) is 0 Å². The molecule has 1 rings (SSSR count). The fourth-order valence-electron chi connectivity index (χ4n) is 0.755. The van der Waals surface area contributed by atoms with E-state index >= 15 is 0 Å². The summed E-state index contributed by atoms with van der Waals surface area (Å²) in [5.41, 5.74) is 6.03. The van der Waals surface area contributed by atoms with Crippen molar-refractivity contribution < 1.29 is 13.0 Å². The molecule has 0 atom stereocenters. The monoisotopic (exact) mass is 188 g/mol. The molecule has 0 bridgehead atoms. The topological polar surface area (TPSA) is 93.3 Å². The third-order valence-electron chi connectivity index (χ3n) is 1.28. The SMILES string of the molecule is Nc1ccncc1CS(=O)(=O)O. The summed E-state index contributed by atoms with van der Waals surface area (Å²) in [5.74, 6) is -0.493. The lowest BCUT2D eigenvalue weighted by Gasteiger charge is -2.00. The lowest BCUT2D eigenvalue weighted by molar-refractivity contribution is 0.482. The van der Waals surface area contributed by atoms with Crippen molar-refractivity contribution >= 4 is 15.8 Å². The second kappa shape index (κ2) is 3.08. The van der Waals surface area contributed by atoms with Gasteiger partial charge in [0.1, 0.15) is 5.75 Å². The van der Waals surface area contributed by atoms with E-state index < -0.39 is 15.9 Å². The van der Waals surface area contributed by atoms with Crippen molar-refractivity contribution in [2.24, 2.45) is 0 Å². The van der Waals surface area contributed by atoms with E-state index in [1.807, 2.05) is 0 Å². The van der Waals surface area contributed by atoms with Crippen molar-refractivity contribution in [1.29, 1.82) is 0 Å². The van der Waals surface area contributed by atoms with Crippen LogP contribution in [0.3, 0.4) is 0 Å². The third kappa shape index (κ3) is 2.48. The number of aromatic nitrogens is 1. The number of hydrogen-bond donors (Lipinski definition) is 2. The molecule has 5 nitrogen and oxygen atoms in total. The average Bonchev–Trinajstić information content (AvgIpc) is 1.91. The molecule has 1 heterocycles. The molecule has 3 N–H and O–H groups in total. The van der Waals surface area contributed by atoms with Gasteiger partial charge >= 0.3 is 0 Å². The van der Waals surface area contributed by atoms with Gasteiger partial charge < -0.3 is 5.73 Å². The molecule has 0 aliphatic heterocycles. The predicted molar refractivity (Wildman–Crippen MR) is 43.9 cm³/mol. The molecule has 12 heavy (non-hydrogen) atoms. The van der Waals surface area contributed by atoms with E-state index in [0.717, 1.165) is 0 Å². The van der Waals surface area contributed by atoms with Crippen LogP contribution >= 0.6 is 0 Å². The normalized spacial score (nSPS) is 11.4. The molecule has 0 aliphatic carbocycles. The van der Waals surface area contributed by atoms with Crippen molar-refractivity contribution in [3.05, 3.63) is 24.0 Å². The lowest BCUT2D eigenvalue weighted by atomic mass is 10.3. The van der Waals surface area contributed by atoms with Gasteiger partial charge in [-0.05, 0) is 6.07 Å². The molecular formula is C6H8N2O3S. The number of nitrogens with zero attached hydrogens (tertiary/aromatic N) is 1. The Balaban J connectivity index is 2.98. The van der Waals surface area contributed by atoms with Gasteiger partial charge in [-0.15, -0.1) is 0 Å². The lowest BCUT2D eigenvalue weighted by Crippen LogP contribution is -2.04. The molecule has 1 aromatic heterocycles. The number of hydrogen-bond acceptors (Lipinski definition) is 4. The Hall–Kier alpha value is -1.14. The van der Waals surface area contributed by atoms with Gasteiger partial charge in [-0.1, -0.05) is 0 Å². The van der Waals surface area contributed by atoms with Gasteiger partial charge in [-0.2, -0.15) is 8.42 Å². The zero-order valence-corrected chi connectivity index (χ0v) is 6.95. The zero-order chi connectivity index (χ0) is 9.19. The fraction of sp³-hybridized carbons (Fsp3) is 0.167. The first-order chi connectivity index (χ1) is 5.49. The fourth-order valence-corrected chi connectivity index (χ4v) is 1.39. The number of anilines is 1. The molecule has 6 heteroatoms. The van der Waals surface area contributed by atoms with E-state index in [2.05, 4.69) is 4.98 Å². The van der Waals surface area contributed by atoms with Gasteiger partial charge in [0.25, 0.3) is 10.1 Å². The number of nitrogen functional groups attached to an aromatic ring is 1. The first-order valence-corrected chi connectivity index (χ1v) is 4.73. The molecular weight excluding hydrogens is 180 g/mol. The van der Waals surface area contributed by atoms with E-state index in [9.17, 15) is 8.42 Å². The largest absolute Gasteiger partial charge is 0.398 e. The number of rotatable bonds is 2.